The van der Waals surface area contributed by atoms with Crippen molar-refractivity contribution in [2.75, 3.05) is 13.1 Å². The predicted octanol–water partition coefficient (Wildman–Crippen LogP) is 4.07. The van der Waals surface area contributed by atoms with E-state index in [9.17, 15) is 21.6 Å². The van der Waals surface area contributed by atoms with Gasteiger partial charge in [-0.1, -0.05) is 43.8 Å². The number of aromatic nitrogens is 3. The summed E-state index contributed by atoms with van der Waals surface area (Å²) < 4.78 is 67.0. The van der Waals surface area contributed by atoms with Crippen LogP contribution in [0.1, 0.15) is 25.0 Å². The lowest BCUT2D eigenvalue weighted by Gasteiger charge is -2.18. The van der Waals surface area contributed by atoms with E-state index in [2.05, 4.69) is 10.2 Å². The van der Waals surface area contributed by atoms with Gasteiger partial charge in [-0.15, -0.1) is 10.2 Å². The Hall–Kier alpha value is -2.11. The summed E-state index contributed by atoms with van der Waals surface area (Å²) in [7, 11) is -3.65. The molecule has 1 aromatic carbocycles. The molecule has 0 radical (unpaired) electrons. The van der Waals surface area contributed by atoms with E-state index in [0.717, 1.165) is 12.1 Å². The molecule has 0 saturated carbocycles. The standard InChI is InChI=1S/C18H19F3N4O2S2/c1-3-24(4-2)29(26,27)15-8-9-16-22-23-17(25(16)11-15)28-12-13-6-5-7-14(10-13)18(19,20)21/h5-11H,3-4,12H2,1-2H3. The Morgan fingerprint density at radius 2 is 1.83 bits per heavy atom. The number of halogens is 3. The van der Waals surface area contributed by atoms with Crippen molar-refractivity contribution in [3.8, 4) is 0 Å². The van der Waals surface area contributed by atoms with Gasteiger partial charge in [-0.25, -0.2) is 8.42 Å². The highest BCUT2D eigenvalue weighted by Gasteiger charge is 2.30. The maximum Gasteiger partial charge on any atom is 0.416 e. The van der Waals surface area contributed by atoms with Gasteiger partial charge in [0.05, 0.1) is 10.5 Å². The number of nitrogens with zero attached hydrogens (tertiary/aromatic N) is 4. The van der Waals surface area contributed by atoms with Crippen LogP contribution in [0.15, 0.2) is 52.6 Å². The summed E-state index contributed by atoms with van der Waals surface area (Å²) in [5.74, 6) is 0.234. The smallest absolute Gasteiger partial charge is 0.276 e. The Labute approximate surface area is 170 Å². The van der Waals surface area contributed by atoms with Gasteiger partial charge in [-0.05, 0) is 23.8 Å². The van der Waals surface area contributed by atoms with Gasteiger partial charge < -0.3 is 0 Å². The first kappa shape index (κ1) is 21.6. The molecule has 0 unspecified atom stereocenters. The SMILES string of the molecule is CCN(CC)S(=O)(=O)c1ccc2nnc(SCc3cccc(C(F)(F)F)c3)n2c1. The van der Waals surface area contributed by atoms with Crippen molar-refractivity contribution in [2.24, 2.45) is 0 Å². The fraction of sp³-hybridized carbons (Fsp3) is 0.333. The predicted molar refractivity (Wildman–Crippen MR) is 104 cm³/mol. The Kier molecular flexibility index (Phi) is 6.20. The lowest BCUT2D eigenvalue weighted by Crippen LogP contribution is -2.30. The molecule has 156 valence electrons. The second-order valence-electron chi connectivity index (χ2n) is 6.15. The Balaban J connectivity index is 1.88. The highest BCUT2D eigenvalue weighted by Crippen LogP contribution is 2.31. The van der Waals surface area contributed by atoms with E-state index in [-0.39, 0.29) is 10.6 Å². The molecule has 0 atom stereocenters. The average molecular weight is 445 g/mol. The third kappa shape index (κ3) is 4.57. The first-order valence-corrected chi connectivity index (χ1v) is 11.2. The lowest BCUT2D eigenvalue weighted by molar-refractivity contribution is -0.137. The highest BCUT2D eigenvalue weighted by molar-refractivity contribution is 7.98. The zero-order valence-corrected chi connectivity index (χ0v) is 17.4. The maximum absolute atomic E-state index is 12.9. The summed E-state index contributed by atoms with van der Waals surface area (Å²) in [6, 6.07) is 8.09. The van der Waals surface area contributed by atoms with Crippen LogP contribution in [0.5, 0.6) is 0 Å². The van der Waals surface area contributed by atoms with Crippen molar-refractivity contribution in [1.82, 2.24) is 18.9 Å². The molecular formula is C18H19F3N4O2S2. The fourth-order valence-electron chi connectivity index (χ4n) is 2.80. The summed E-state index contributed by atoms with van der Waals surface area (Å²) in [6.07, 6.45) is -2.96. The number of alkyl halides is 3. The number of benzene rings is 1. The van der Waals surface area contributed by atoms with Crippen molar-refractivity contribution in [3.05, 3.63) is 53.7 Å². The molecule has 0 aliphatic rings. The summed E-state index contributed by atoms with van der Waals surface area (Å²) in [5.41, 5.74) is 0.220. The lowest BCUT2D eigenvalue weighted by atomic mass is 10.1. The Morgan fingerprint density at radius 3 is 2.48 bits per heavy atom. The normalized spacial score (nSPS) is 12.8. The largest absolute Gasteiger partial charge is 0.416 e. The van der Waals surface area contributed by atoms with Crippen LogP contribution in [0.3, 0.4) is 0 Å². The topological polar surface area (TPSA) is 67.6 Å². The second-order valence-corrected chi connectivity index (χ2v) is 9.03. The monoisotopic (exact) mass is 444 g/mol. The molecule has 3 aromatic rings. The van der Waals surface area contributed by atoms with Crippen LogP contribution >= 0.6 is 11.8 Å². The summed E-state index contributed by atoms with van der Waals surface area (Å²) >= 11 is 1.18. The average Bonchev–Trinajstić information content (AvgIpc) is 3.09. The Morgan fingerprint density at radius 1 is 1.10 bits per heavy atom. The van der Waals surface area contributed by atoms with E-state index in [1.165, 1.54) is 38.8 Å². The van der Waals surface area contributed by atoms with Crippen LogP contribution in [0.25, 0.3) is 5.65 Å². The first-order valence-electron chi connectivity index (χ1n) is 8.80. The van der Waals surface area contributed by atoms with Gasteiger partial charge in [0.25, 0.3) is 0 Å². The van der Waals surface area contributed by atoms with E-state index in [1.807, 2.05) is 0 Å². The molecular weight excluding hydrogens is 425 g/mol. The molecule has 6 nitrogen and oxygen atoms in total. The van der Waals surface area contributed by atoms with Gasteiger partial charge in [0.2, 0.25) is 10.0 Å². The van der Waals surface area contributed by atoms with Crippen molar-refractivity contribution < 1.29 is 21.6 Å². The second kappa shape index (κ2) is 8.33. The van der Waals surface area contributed by atoms with Gasteiger partial charge in [0.1, 0.15) is 0 Å². The van der Waals surface area contributed by atoms with Crippen molar-refractivity contribution >= 4 is 27.4 Å². The molecule has 0 aliphatic heterocycles. The number of fused-ring (bicyclic) bond motifs is 1. The van der Waals surface area contributed by atoms with Crippen LogP contribution in [0.2, 0.25) is 0 Å². The minimum absolute atomic E-state index is 0.106. The van der Waals surface area contributed by atoms with Crippen LogP contribution in [0.4, 0.5) is 13.2 Å². The van der Waals surface area contributed by atoms with Crippen molar-refractivity contribution in [3.63, 3.8) is 0 Å². The quantitative estimate of drug-likeness (QED) is 0.514. The van der Waals surface area contributed by atoms with Gasteiger partial charge in [-0.3, -0.25) is 4.40 Å². The number of hydrogen-bond donors (Lipinski definition) is 0. The van der Waals surface area contributed by atoms with Crippen LogP contribution in [0, 0.1) is 0 Å². The molecule has 0 spiro atoms. The van der Waals surface area contributed by atoms with Crippen LogP contribution in [-0.4, -0.2) is 40.4 Å². The van der Waals surface area contributed by atoms with Gasteiger partial charge in [-0.2, -0.15) is 17.5 Å². The highest BCUT2D eigenvalue weighted by atomic mass is 32.2. The van der Waals surface area contributed by atoms with Gasteiger partial charge >= 0.3 is 6.18 Å². The van der Waals surface area contributed by atoms with E-state index < -0.39 is 21.8 Å². The fourth-order valence-corrected chi connectivity index (χ4v) is 5.12. The summed E-state index contributed by atoms with van der Waals surface area (Å²) in [6.45, 7) is 4.20. The minimum atomic E-state index is -4.41. The van der Waals surface area contributed by atoms with Crippen LogP contribution in [-0.2, 0) is 22.0 Å². The van der Waals surface area contributed by atoms with Crippen LogP contribution < -0.4 is 0 Å². The third-order valence-corrected chi connectivity index (χ3v) is 7.36. The molecule has 11 heteroatoms. The minimum Gasteiger partial charge on any atom is -0.276 e. The molecule has 0 fully saturated rings. The van der Waals surface area contributed by atoms with E-state index in [0.29, 0.717) is 29.5 Å². The molecule has 3 rings (SSSR count). The number of hydrogen-bond acceptors (Lipinski definition) is 5. The maximum atomic E-state index is 12.9. The zero-order chi connectivity index (χ0) is 21.2. The van der Waals surface area contributed by atoms with E-state index in [4.69, 9.17) is 0 Å². The molecule has 0 aliphatic carbocycles. The molecule has 0 saturated heterocycles. The number of rotatable bonds is 7. The molecule has 2 aromatic heterocycles. The Bertz CT molecular complexity index is 1110. The molecule has 2 heterocycles. The van der Waals surface area contributed by atoms with E-state index in [1.54, 1.807) is 26.0 Å². The van der Waals surface area contributed by atoms with E-state index >= 15 is 0 Å². The molecule has 29 heavy (non-hydrogen) atoms. The zero-order valence-electron chi connectivity index (χ0n) is 15.7. The number of sulfonamides is 1. The summed E-state index contributed by atoms with van der Waals surface area (Å²) in [5, 5.41) is 8.43. The van der Waals surface area contributed by atoms with Gasteiger partial charge in [0.15, 0.2) is 10.8 Å². The third-order valence-electron chi connectivity index (χ3n) is 4.31. The molecule has 0 bridgehead atoms. The van der Waals surface area contributed by atoms with Gasteiger partial charge in [0, 0.05) is 25.0 Å². The van der Waals surface area contributed by atoms with Crippen molar-refractivity contribution in [1.29, 1.82) is 0 Å². The number of pyridine rings is 1. The first-order chi connectivity index (χ1) is 13.7. The molecule has 0 amide bonds. The number of thioether (sulfide) groups is 1. The molecule has 0 N–H and O–H groups in total. The van der Waals surface area contributed by atoms with Crippen molar-refractivity contribution in [2.45, 2.75) is 35.8 Å². The summed E-state index contributed by atoms with van der Waals surface area (Å²) in [4.78, 5) is 0.106.